The highest BCUT2D eigenvalue weighted by Crippen LogP contribution is 2.41. The molecule has 262 valence electrons. The van der Waals surface area contributed by atoms with E-state index in [1.165, 1.54) is 42.0 Å². The summed E-state index contributed by atoms with van der Waals surface area (Å²) in [4.78, 5) is 15.9. The molecule has 3 heterocycles. The molecule has 8 aromatic carbocycles. The third-order valence-corrected chi connectivity index (χ3v) is 11.9. The van der Waals surface area contributed by atoms with Crippen molar-refractivity contribution in [3.63, 3.8) is 0 Å². The summed E-state index contributed by atoms with van der Waals surface area (Å²) >= 11 is 1.79. The number of hydrogen-bond acceptors (Lipinski definition) is 4. The van der Waals surface area contributed by atoms with Crippen molar-refractivity contribution in [3.8, 4) is 62.1 Å². The van der Waals surface area contributed by atoms with Gasteiger partial charge in [-0.3, -0.25) is 0 Å². The fraction of sp³-hybridized carbons (Fsp3) is 0. The summed E-state index contributed by atoms with van der Waals surface area (Å²) in [5, 5.41) is 4.95. The summed E-state index contributed by atoms with van der Waals surface area (Å²) in [5.41, 5.74) is 10.7. The SMILES string of the molecule is c1ccc(-c2ccccc2-c2nc(-c3ccccc3-c3ccc(-n4c5ccccc5c5ccccc54)cc3)nc(-c3cccc4c3sc3ccccc34)n2)cc1. The minimum atomic E-state index is 0.632. The topological polar surface area (TPSA) is 43.6 Å². The molecule has 0 amide bonds. The summed E-state index contributed by atoms with van der Waals surface area (Å²) in [6.07, 6.45) is 0. The van der Waals surface area contributed by atoms with E-state index < -0.39 is 0 Å². The quantitative estimate of drug-likeness (QED) is 0.171. The zero-order valence-corrected chi connectivity index (χ0v) is 31.0. The monoisotopic (exact) mass is 732 g/mol. The second-order valence-electron chi connectivity index (χ2n) is 14.0. The fourth-order valence-corrected chi connectivity index (χ4v) is 9.34. The molecular weight excluding hydrogens is 701 g/mol. The molecule has 0 spiro atoms. The molecule has 0 saturated carbocycles. The van der Waals surface area contributed by atoms with Crippen molar-refractivity contribution in [3.05, 3.63) is 194 Å². The fourth-order valence-electron chi connectivity index (χ4n) is 8.13. The first-order chi connectivity index (χ1) is 27.8. The average molecular weight is 733 g/mol. The molecule has 0 fully saturated rings. The van der Waals surface area contributed by atoms with Gasteiger partial charge in [0.1, 0.15) is 0 Å². The van der Waals surface area contributed by atoms with E-state index in [0.717, 1.165) is 44.6 Å². The molecule has 0 aliphatic rings. The van der Waals surface area contributed by atoms with Crippen LogP contribution in [-0.4, -0.2) is 19.5 Å². The Morgan fingerprint density at radius 2 is 0.768 bits per heavy atom. The van der Waals surface area contributed by atoms with Crippen LogP contribution < -0.4 is 0 Å². The molecule has 11 rings (SSSR count). The zero-order chi connectivity index (χ0) is 37.0. The minimum absolute atomic E-state index is 0.632. The van der Waals surface area contributed by atoms with Crippen molar-refractivity contribution < 1.29 is 0 Å². The van der Waals surface area contributed by atoms with Crippen molar-refractivity contribution in [2.75, 3.05) is 0 Å². The van der Waals surface area contributed by atoms with E-state index in [9.17, 15) is 0 Å². The molecule has 0 N–H and O–H groups in total. The van der Waals surface area contributed by atoms with Crippen LogP contribution in [0.25, 0.3) is 104 Å². The summed E-state index contributed by atoms with van der Waals surface area (Å²) < 4.78 is 4.76. The molecule has 5 heteroatoms. The number of aromatic nitrogens is 4. The molecule has 3 aromatic heterocycles. The second kappa shape index (κ2) is 13.3. The number of thiophene rings is 1. The Labute approximate surface area is 327 Å². The predicted octanol–water partition coefficient (Wildman–Crippen LogP) is 13.7. The molecule has 0 bridgehead atoms. The van der Waals surface area contributed by atoms with Gasteiger partial charge in [-0.2, -0.15) is 0 Å². The molecule has 0 aliphatic heterocycles. The number of fused-ring (bicyclic) bond motifs is 6. The van der Waals surface area contributed by atoms with Crippen molar-refractivity contribution >= 4 is 53.3 Å². The van der Waals surface area contributed by atoms with Crippen LogP contribution in [0, 0.1) is 0 Å². The summed E-state index contributed by atoms with van der Waals surface area (Å²) in [5.74, 6) is 1.92. The van der Waals surface area contributed by atoms with Gasteiger partial charge in [-0.15, -0.1) is 11.3 Å². The first-order valence-corrected chi connectivity index (χ1v) is 19.6. The lowest BCUT2D eigenvalue weighted by atomic mass is 9.98. The number of para-hydroxylation sites is 2. The van der Waals surface area contributed by atoms with E-state index in [0.29, 0.717) is 17.5 Å². The molecule has 56 heavy (non-hydrogen) atoms. The van der Waals surface area contributed by atoms with Crippen LogP contribution in [0.15, 0.2) is 194 Å². The Balaban J connectivity index is 1.10. The maximum absolute atomic E-state index is 5.32. The summed E-state index contributed by atoms with van der Waals surface area (Å²) in [6.45, 7) is 0. The van der Waals surface area contributed by atoms with Gasteiger partial charge in [0, 0.05) is 53.3 Å². The minimum Gasteiger partial charge on any atom is -0.309 e. The summed E-state index contributed by atoms with van der Waals surface area (Å²) in [6, 6.07) is 68.5. The summed E-state index contributed by atoms with van der Waals surface area (Å²) in [7, 11) is 0. The average Bonchev–Trinajstić information content (AvgIpc) is 3.83. The Morgan fingerprint density at radius 1 is 0.321 bits per heavy atom. The highest BCUT2D eigenvalue weighted by molar-refractivity contribution is 7.26. The van der Waals surface area contributed by atoms with Gasteiger partial charge in [0.25, 0.3) is 0 Å². The highest BCUT2D eigenvalue weighted by Gasteiger charge is 2.20. The van der Waals surface area contributed by atoms with Crippen LogP contribution >= 0.6 is 11.3 Å². The van der Waals surface area contributed by atoms with Gasteiger partial charge in [0.2, 0.25) is 0 Å². The lowest BCUT2D eigenvalue weighted by molar-refractivity contribution is 1.08. The number of nitrogens with zero attached hydrogens (tertiary/aromatic N) is 4. The van der Waals surface area contributed by atoms with Gasteiger partial charge in [0.05, 0.1) is 11.0 Å². The van der Waals surface area contributed by atoms with E-state index in [2.05, 4.69) is 193 Å². The second-order valence-corrected chi connectivity index (χ2v) is 15.0. The molecule has 4 nitrogen and oxygen atoms in total. The molecular formula is C51H32N4S. The van der Waals surface area contributed by atoms with Gasteiger partial charge >= 0.3 is 0 Å². The Bertz CT molecular complexity index is 3200. The lowest BCUT2D eigenvalue weighted by Crippen LogP contribution is -2.02. The number of rotatable bonds is 6. The zero-order valence-electron chi connectivity index (χ0n) is 30.2. The molecule has 0 atom stereocenters. The predicted molar refractivity (Wildman–Crippen MR) is 234 cm³/mol. The Morgan fingerprint density at radius 3 is 1.39 bits per heavy atom. The third kappa shape index (κ3) is 5.32. The normalized spacial score (nSPS) is 11.6. The molecule has 0 aliphatic carbocycles. The smallest absolute Gasteiger partial charge is 0.165 e. The number of benzene rings is 8. The Hall–Kier alpha value is -7.21. The third-order valence-electron chi connectivity index (χ3n) is 10.7. The first-order valence-electron chi connectivity index (χ1n) is 18.8. The van der Waals surface area contributed by atoms with Crippen LogP contribution in [-0.2, 0) is 0 Å². The lowest BCUT2D eigenvalue weighted by Gasteiger charge is -2.14. The van der Waals surface area contributed by atoms with E-state index in [1.54, 1.807) is 11.3 Å². The molecule has 0 radical (unpaired) electrons. The van der Waals surface area contributed by atoms with Crippen LogP contribution in [0.3, 0.4) is 0 Å². The van der Waals surface area contributed by atoms with Crippen molar-refractivity contribution in [2.24, 2.45) is 0 Å². The van der Waals surface area contributed by atoms with Gasteiger partial charge in [0.15, 0.2) is 17.5 Å². The van der Waals surface area contributed by atoms with E-state index in [-0.39, 0.29) is 0 Å². The molecule has 0 saturated heterocycles. The van der Waals surface area contributed by atoms with E-state index in [1.807, 2.05) is 6.07 Å². The maximum Gasteiger partial charge on any atom is 0.165 e. The van der Waals surface area contributed by atoms with Crippen molar-refractivity contribution in [1.82, 2.24) is 19.5 Å². The molecule has 11 aromatic rings. The van der Waals surface area contributed by atoms with Crippen molar-refractivity contribution in [2.45, 2.75) is 0 Å². The van der Waals surface area contributed by atoms with Crippen molar-refractivity contribution in [1.29, 1.82) is 0 Å². The van der Waals surface area contributed by atoms with Crippen LogP contribution in [0.1, 0.15) is 0 Å². The molecule has 0 unspecified atom stereocenters. The van der Waals surface area contributed by atoms with Crippen LogP contribution in [0.4, 0.5) is 0 Å². The number of hydrogen-bond donors (Lipinski definition) is 0. The van der Waals surface area contributed by atoms with Crippen LogP contribution in [0.2, 0.25) is 0 Å². The highest BCUT2D eigenvalue weighted by atomic mass is 32.1. The Kier molecular flexibility index (Phi) is 7.64. The van der Waals surface area contributed by atoms with Gasteiger partial charge < -0.3 is 4.57 Å². The van der Waals surface area contributed by atoms with Gasteiger partial charge in [-0.1, -0.05) is 158 Å². The maximum atomic E-state index is 5.32. The largest absolute Gasteiger partial charge is 0.309 e. The van der Waals surface area contributed by atoms with Gasteiger partial charge in [-0.25, -0.2) is 15.0 Å². The van der Waals surface area contributed by atoms with Crippen LogP contribution in [0.5, 0.6) is 0 Å². The van der Waals surface area contributed by atoms with Gasteiger partial charge in [-0.05, 0) is 58.7 Å². The van der Waals surface area contributed by atoms with E-state index in [4.69, 9.17) is 15.0 Å². The standard InChI is InChI=1S/C51H32N4S/c1-2-15-33(16-3-1)36-17-4-6-22-42(36)49-52-50(54-51(53-49)44-25-14-24-41-40-21-10-13-28-47(40)56-48(41)44)43-23-7-5-18-37(43)34-29-31-35(32-30-34)55-45-26-11-8-19-38(45)39-20-9-12-27-46(39)55/h1-32H. The first kappa shape index (κ1) is 32.2. The van der Waals surface area contributed by atoms with E-state index >= 15 is 0 Å².